The summed E-state index contributed by atoms with van der Waals surface area (Å²) in [6.45, 7) is 3.23. The van der Waals surface area contributed by atoms with Crippen molar-refractivity contribution in [2.45, 2.75) is 57.6 Å². The highest BCUT2D eigenvalue weighted by atomic mass is 16.5. The summed E-state index contributed by atoms with van der Waals surface area (Å²) < 4.78 is 5.74. The molecule has 1 fully saturated rings. The molecule has 0 amide bonds. The van der Waals surface area contributed by atoms with Gasteiger partial charge in [0.15, 0.2) is 0 Å². The van der Waals surface area contributed by atoms with Crippen LogP contribution in [0.4, 0.5) is 0 Å². The van der Waals surface area contributed by atoms with Gasteiger partial charge < -0.3 is 10.1 Å². The summed E-state index contributed by atoms with van der Waals surface area (Å²) in [5, 5.41) is 3.63. The van der Waals surface area contributed by atoms with Gasteiger partial charge in [-0.1, -0.05) is 18.6 Å². The number of hydrogen-bond donors (Lipinski definition) is 1. The molecule has 2 heteroatoms. The summed E-state index contributed by atoms with van der Waals surface area (Å²) in [5.74, 6) is 0.803. The van der Waals surface area contributed by atoms with Gasteiger partial charge in [-0.05, 0) is 51.0 Å². The molecule has 2 aliphatic rings. The monoisotopic (exact) mass is 223 g/mol. The summed E-state index contributed by atoms with van der Waals surface area (Å²) in [6, 6.07) is 0.475. The van der Waals surface area contributed by atoms with Crippen molar-refractivity contribution in [3.8, 4) is 0 Å². The molecule has 0 bridgehead atoms. The third-order valence-electron chi connectivity index (χ3n) is 3.84. The average molecular weight is 223 g/mol. The van der Waals surface area contributed by atoms with Crippen molar-refractivity contribution >= 4 is 0 Å². The zero-order chi connectivity index (χ0) is 11.4. The lowest BCUT2D eigenvalue weighted by Gasteiger charge is -2.30. The number of likely N-dealkylation sites (N-methyl/N-ethyl adjacent to an activating group) is 1. The normalized spacial score (nSPS) is 25.0. The highest BCUT2D eigenvalue weighted by Gasteiger charge is 2.37. The number of nitrogens with one attached hydrogen (secondary N) is 1. The zero-order valence-electron chi connectivity index (χ0n) is 10.7. The second-order valence-electron chi connectivity index (χ2n) is 5.10. The van der Waals surface area contributed by atoms with Crippen molar-refractivity contribution in [2.75, 3.05) is 13.7 Å². The maximum atomic E-state index is 5.74. The van der Waals surface area contributed by atoms with Crippen molar-refractivity contribution in [3.63, 3.8) is 0 Å². The van der Waals surface area contributed by atoms with Crippen LogP contribution in [0.5, 0.6) is 0 Å². The second kappa shape index (κ2) is 5.83. The fourth-order valence-electron chi connectivity index (χ4n) is 2.85. The molecule has 0 spiro atoms. The summed E-state index contributed by atoms with van der Waals surface area (Å²) in [6.07, 6.45) is 10.8. The Bertz CT molecular complexity index is 245. The van der Waals surface area contributed by atoms with E-state index in [1.165, 1.54) is 38.5 Å². The van der Waals surface area contributed by atoms with Gasteiger partial charge >= 0.3 is 0 Å². The van der Waals surface area contributed by atoms with Gasteiger partial charge in [-0.15, -0.1) is 0 Å². The first kappa shape index (κ1) is 12.1. The van der Waals surface area contributed by atoms with Crippen molar-refractivity contribution in [1.29, 1.82) is 0 Å². The average Bonchev–Trinajstić information content (AvgIpc) is 3.15. The Balaban J connectivity index is 2.04. The Hall–Kier alpha value is -0.340. The van der Waals surface area contributed by atoms with Crippen molar-refractivity contribution < 1.29 is 4.74 Å². The molecule has 1 saturated carbocycles. The quantitative estimate of drug-likeness (QED) is 0.699. The number of ether oxygens (including phenoxy) is 1. The zero-order valence-corrected chi connectivity index (χ0v) is 10.7. The van der Waals surface area contributed by atoms with E-state index in [-0.39, 0.29) is 0 Å². The molecule has 16 heavy (non-hydrogen) atoms. The minimum atomic E-state index is 0.407. The standard InChI is InChI=1S/C14H25NO/c1-3-15-13(11-7-5-4-6-8-11)14(16-2)12-9-10-12/h7,12-15H,3-6,8-10H2,1-2H3. The van der Waals surface area contributed by atoms with Gasteiger partial charge in [-0.25, -0.2) is 0 Å². The van der Waals surface area contributed by atoms with Gasteiger partial charge in [-0.2, -0.15) is 0 Å². The van der Waals surface area contributed by atoms with Crippen LogP contribution in [0, 0.1) is 5.92 Å². The first-order chi connectivity index (χ1) is 7.86. The highest BCUT2D eigenvalue weighted by Crippen LogP contribution is 2.38. The Morgan fingerprint density at radius 2 is 2.25 bits per heavy atom. The third-order valence-corrected chi connectivity index (χ3v) is 3.84. The Morgan fingerprint density at radius 3 is 2.75 bits per heavy atom. The van der Waals surface area contributed by atoms with Gasteiger partial charge in [0.05, 0.1) is 12.1 Å². The van der Waals surface area contributed by atoms with E-state index in [9.17, 15) is 0 Å². The smallest absolute Gasteiger partial charge is 0.0790 e. The summed E-state index contributed by atoms with van der Waals surface area (Å²) in [7, 11) is 1.87. The lowest BCUT2D eigenvalue weighted by Crippen LogP contribution is -2.44. The van der Waals surface area contributed by atoms with Crippen LogP contribution in [0.1, 0.15) is 45.4 Å². The Kier molecular flexibility index (Phi) is 4.42. The van der Waals surface area contributed by atoms with Gasteiger partial charge in [0.25, 0.3) is 0 Å². The van der Waals surface area contributed by atoms with E-state index in [2.05, 4.69) is 18.3 Å². The third kappa shape index (κ3) is 2.86. The molecule has 0 aromatic carbocycles. The molecule has 2 rings (SSSR count). The fourth-order valence-corrected chi connectivity index (χ4v) is 2.85. The molecule has 2 atom stereocenters. The predicted octanol–water partition coefficient (Wildman–Crippen LogP) is 2.89. The van der Waals surface area contributed by atoms with Crippen LogP contribution >= 0.6 is 0 Å². The molecule has 0 radical (unpaired) electrons. The summed E-state index contributed by atoms with van der Waals surface area (Å²) >= 11 is 0. The Labute approximate surface area is 99.4 Å². The molecule has 0 aromatic heterocycles. The van der Waals surface area contributed by atoms with Gasteiger partial charge in [0.1, 0.15) is 0 Å². The molecule has 2 nitrogen and oxygen atoms in total. The molecule has 0 heterocycles. The summed E-state index contributed by atoms with van der Waals surface area (Å²) in [4.78, 5) is 0. The van der Waals surface area contributed by atoms with E-state index < -0.39 is 0 Å². The van der Waals surface area contributed by atoms with E-state index in [0.717, 1.165) is 12.5 Å². The molecule has 92 valence electrons. The van der Waals surface area contributed by atoms with Crippen LogP contribution in [0.25, 0.3) is 0 Å². The van der Waals surface area contributed by atoms with Gasteiger partial charge in [0.2, 0.25) is 0 Å². The number of methoxy groups -OCH3 is 1. The van der Waals surface area contributed by atoms with E-state index in [1.54, 1.807) is 5.57 Å². The van der Waals surface area contributed by atoms with Crippen LogP contribution in [0.3, 0.4) is 0 Å². The minimum Gasteiger partial charge on any atom is -0.379 e. The van der Waals surface area contributed by atoms with E-state index in [1.807, 2.05) is 7.11 Å². The molecule has 2 unspecified atom stereocenters. The van der Waals surface area contributed by atoms with E-state index in [4.69, 9.17) is 4.74 Å². The van der Waals surface area contributed by atoms with Crippen LogP contribution < -0.4 is 5.32 Å². The largest absolute Gasteiger partial charge is 0.379 e. The maximum Gasteiger partial charge on any atom is 0.0790 e. The molecule has 0 saturated heterocycles. The van der Waals surface area contributed by atoms with E-state index in [0.29, 0.717) is 12.1 Å². The fraction of sp³-hybridized carbons (Fsp3) is 0.857. The molecule has 2 aliphatic carbocycles. The second-order valence-corrected chi connectivity index (χ2v) is 5.10. The maximum absolute atomic E-state index is 5.74. The lowest BCUT2D eigenvalue weighted by molar-refractivity contribution is 0.0604. The first-order valence-electron chi connectivity index (χ1n) is 6.82. The topological polar surface area (TPSA) is 21.3 Å². The first-order valence-corrected chi connectivity index (χ1v) is 6.82. The van der Waals surface area contributed by atoms with Crippen molar-refractivity contribution in [2.24, 2.45) is 5.92 Å². The van der Waals surface area contributed by atoms with Crippen LogP contribution in [-0.4, -0.2) is 25.8 Å². The highest BCUT2D eigenvalue weighted by molar-refractivity contribution is 5.17. The van der Waals surface area contributed by atoms with Crippen molar-refractivity contribution in [3.05, 3.63) is 11.6 Å². The molecular formula is C14H25NO. The van der Waals surface area contributed by atoms with Gasteiger partial charge in [-0.3, -0.25) is 0 Å². The van der Waals surface area contributed by atoms with Crippen LogP contribution in [0.2, 0.25) is 0 Å². The van der Waals surface area contributed by atoms with Gasteiger partial charge in [0, 0.05) is 7.11 Å². The summed E-state index contributed by atoms with van der Waals surface area (Å²) in [5.41, 5.74) is 1.60. The number of rotatable bonds is 6. The molecular weight excluding hydrogens is 198 g/mol. The lowest BCUT2D eigenvalue weighted by atomic mass is 9.89. The van der Waals surface area contributed by atoms with E-state index >= 15 is 0 Å². The molecule has 1 N–H and O–H groups in total. The van der Waals surface area contributed by atoms with Crippen LogP contribution in [-0.2, 0) is 4.74 Å². The van der Waals surface area contributed by atoms with Crippen molar-refractivity contribution in [1.82, 2.24) is 5.32 Å². The minimum absolute atomic E-state index is 0.407. The Morgan fingerprint density at radius 1 is 1.44 bits per heavy atom. The molecule has 0 aliphatic heterocycles. The van der Waals surface area contributed by atoms with Crippen LogP contribution in [0.15, 0.2) is 11.6 Å². The predicted molar refractivity (Wildman–Crippen MR) is 67.5 cm³/mol. The SMILES string of the molecule is CCNC(C1=CCCCC1)C(OC)C1CC1. The number of hydrogen-bond acceptors (Lipinski definition) is 2. The molecule has 0 aromatic rings. The number of allylic oxidation sites excluding steroid dienone is 1.